The molecule has 4 heterocycles. The molecule has 8 heteroatoms. The van der Waals surface area contributed by atoms with E-state index >= 15 is 0 Å². The minimum Gasteiger partial charge on any atom is -0.353 e. The zero-order chi connectivity index (χ0) is 26.1. The van der Waals surface area contributed by atoms with Gasteiger partial charge < -0.3 is 10.3 Å². The van der Waals surface area contributed by atoms with Crippen LogP contribution in [0.2, 0.25) is 0 Å². The summed E-state index contributed by atoms with van der Waals surface area (Å²) >= 11 is 0. The highest BCUT2D eigenvalue weighted by Gasteiger charge is 2.15. The van der Waals surface area contributed by atoms with E-state index in [1.54, 1.807) is 24.7 Å². The van der Waals surface area contributed by atoms with Gasteiger partial charge in [-0.3, -0.25) is 19.9 Å². The average Bonchev–Trinajstić information content (AvgIpc) is 3.55. The topological polar surface area (TPSA) is 99.3 Å². The van der Waals surface area contributed by atoms with Gasteiger partial charge in [0.2, 0.25) is 5.91 Å². The number of pyridine rings is 2. The quantitative estimate of drug-likeness (QED) is 0.216. The van der Waals surface area contributed by atoms with Crippen LogP contribution in [0.1, 0.15) is 26.2 Å². The fraction of sp³-hybridized carbons (Fsp3) is 0.133. The highest BCUT2D eigenvalue weighted by molar-refractivity contribution is 6.01. The van der Waals surface area contributed by atoms with E-state index in [1.807, 2.05) is 36.4 Å². The van der Waals surface area contributed by atoms with Gasteiger partial charge in [0.15, 0.2) is 0 Å². The number of carbonyl (C=O) groups excluding carboxylic acids is 1. The molecular weight excluding hydrogens is 479 g/mol. The molecule has 6 rings (SSSR count). The summed E-state index contributed by atoms with van der Waals surface area (Å²) in [7, 11) is 0. The number of benzene rings is 2. The van der Waals surface area contributed by atoms with Crippen LogP contribution < -0.4 is 5.32 Å². The summed E-state index contributed by atoms with van der Waals surface area (Å²) < 4.78 is 13.9. The van der Waals surface area contributed by atoms with E-state index in [0.29, 0.717) is 23.4 Å². The fourth-order valence-corrected chi connectivity index (χ4v) is 4.67. The standard InChI is InChI=1S/C30H25FN6O/c1-2-3-7-28(38)34-22-13-20(16-32-17-22)18-8-9-26-23(14-18)30(37-36-26)27-15-24-25(35-27)10-11-33-29(24)19-5-4-6-21(31)12-19/h4-6,8-17,35H,2-3,7H2,1H3,(H,34,38)(H,36,37). The Kier molecular flexibility index (Phi) is 6.13. The second kappa shape index (κ2) is 9.89. The molecule has 0 aliphatic rings. The number of nitrogens with zero attached hydrogens (tertiary/aromatic N) is 3. The molecule has 1 amide bonds. The highest BCUT2D eigenvalue weighted by atomic mass is 19.1. The van der Waals surface area contributed by atoms with Crippen LogP contribution in [0.25, 0.3) is 55.6 Å². The number of aromatic amines is 2. The van der Waals surface area contributed by atoms with Crippen molar-refractivity contribution in [2.75, 3.05) is 5.32 Å². The summed E-state index contributed by atoms with van der Waals surface area (Å²) in [6.07, 6.45) is 7.47. The van der Waals surface area contributed by atoms with Crippen molar-refractivity contribution in [3.05, 3.63) is 85.1 Å². The zero-order valence-corrected chi connectivity index (χ0v) is 20.8. The fourth-order valence-electron chi connectivity index (χ4n) is 4.67. The van der Waals surface area contributed by atoms with Crippen molar-refractivity contribution in [1.82, 2.24) is 25.1 Å². The van der Waals surface area contributed by atoms with Crippen LogP contribution in [0.4, 0.5) is 10.1 Å². The lowest BCUT2D eigenvalue weighted by atomic mass is 10.0. The Bertz CT molecular complexity index is 1790. The van der Waals surface area contributed by atoms with Crippen molar-refractivity contribution >= 4 is 33.4 Å². The Balaban J connectivity index is 1.37. The van der Waals surface area contributed by atoms with Gasteiger partial charge in [-0.25, -0.2) is 4.39 Å². The predicted octanol–water partition coefficient (Wildman–Crippen LogP) is 7.10. The van der Waals surface area contributed by atoms with Crippen LogP contribution >= 0.6 is 0 Å². The zero-order valence-electron chi connectivity index (χ0n) is 20.8. The van der Waals surface area contributed by atoms with Gasteiger partial charge in [0.1, 0.15) is 11.5 Å². The van der Waals surface area contributed by atoms with Gasteiger partial charge in [-0.2, -0.15) is 5.10 Å². The summed E-state index contributed by atoms with van der Waals surface area (Å²) in [5.41, 5.74) is 7.30. The van der Waals surface area contributed by atoms with Gasteiger partial charge in [0.05, 0.1) is 28.8 Å². The van der Waals surface area contributed by atoms with Crippen LogP contribution in [0.3, 0.4) is 0 Å². The molecule has 2 aromatic carbocycles. The lowest BCUT2D eigenvalue weighted by molar-refractivity contribution is -0.116. The number of anilines is 1. The maximum absolute atomic E-state index is 13.9. The maximum Gasteiger partial charge on any atom is 0.224 e. The molecule has 0 saturated heterocycles. The third kappa shape index (κ3) is 4.52. The van der Waals surface area contributed by atoms with Crippen LogP contribution in [0.5, 0.6) is 0 Å². The Morgan fingerprint density at radius 1 is 0.921 bits per heavy atom. The molecular formula is C30H25FN6O. The van der Waals surface area contributed by atoms with Gasteiger partial charge in [0, 0.05) is 46.2 Å². The van der Waals surface area contributed by atoms with E-state index in [0.717, 1.165) is 57.2 Å². The first-order valence-corrected chi connectivity index (χ1v) is 12.6. The van der Waals surface area contributed by atoms with Crippen molar-refractivity contribution in [2.24, 2.45) is 0 Å². The maximum atomic E-state index is 13.9. The molecule has 0 radical (unpaired) electrons. The van der Waals surface area contributed by atoms with Crippen LogP contribution in [-0.4, -0.2) is 31.1 Å². The Morgan fingerprint density at radius 2 is 1.82 bits per heavy atom. The number of hydrogen-bond acceptors (Lipinski definition) is 4. The second-order valence-electron chi connectivity index (χ2n) is 9.26. The molecule has 3 N–H and O–H groups in total. The predicted molar refractivity (Wildman–Crippen MR) is 148 cm³/mol. The van der Waals surface area contributed by atoms with Crippen molar-refractivity contribution in [3.8, 4) is 33.8 Å². The molecule has 0 aliphatic heterocycles. The van der Waals surface area contributed by atoms with E-state index in [-0.39, 0.29) is 11.7 Å². The van der Waals surface area contributed by atoms with Crippen LogP contribution in [0, 0.1) is 5.82 Å². The van der Waals surface area contributed by atoms with Gasteiger partial charge in [0.25, 0.3) is 0 Å². The van der Waals surface area contributed by atoms with E-state index in [9.17, 15) is 9.18 Å². The third-order valence-corrected chi connectivity index (χ3v) is 6.58. The number of rotatable bonds is 7. The lowest BCUT2D eigenvalue weighted by Crippen LogP contribution is -2.11. The average molecular weight is 505 g/mol. The number of halogens is 1. The van der Waals surface area contributed by atoms with Gasteiger partial charge in [-0.15, -0.1) is 0 Å². The van der Waals surface area contributed by atoms with Crippen molar-refractivity contribution in [3.63, 3.8) is 0 Å². The molecule has 0 atom stereocenters. The summed E-state index contributed by atoms with van der Waals surface area (Å²) in [4.78, 5) is 24.5. The first-order chi connectivity index (χ1) is 18.6. The monoisotopic (exact) mass is 504 g/mol. The second-order valence-corrected chi connectivity index (χ2v) is 9.26. The Hall–Kier alpha value is -4.85. The van der Waals surface area contributed by atoms with Crippen LogP contribution in [0.15, 0.2) is 79.3 Å². The number of aromatic nitrogens is 5. The summed E-state index contributed by atoms with van der Waals surface area (Å²) in [6, 6.07) is 18.3. The molecule has 6 aromatic rings. The first-order valence-electron chi connectivity index (χ1n) is 12.6. The summed E-state index contributed by atoms with van der Waals surface area (Å²) in [6.45, 7) is 2.06. The summed E-state index contributed by atoms with van der Waals surface area (Å²) in [5, 5.41) is 12.5. The van der Waals surface area contributed by atoms with E-state index in [2.05, 4.69) is 43.5 Å². The van der Waals surface area contributed by atoms with Gasteiger partial charge in [-0.05, 0) is 54.4 Å². The van der Waals surface area contributed by atoms with Crippen molar-refractivity contribution in [2.45, 2.75) is 26.2 Å². The number of fused-ring (bicyclic) bond motifs is 2. The van der Waals surface area contributed by atoms with Gasteiger partial charge >= 0.3 is 0 Å². The molecule has 4 aromatic heterocycles. The molecule has 0 aliphatic carbocycles. The van der Waals surface area contributed by atoms with Crippen molar-refractivity contribution < 1.29 is 9.18 Å². The molecule has 0 fully saturated rings. The minimum absolute atomic E-state index is 0.00992. The SMILES string of the molecule is CCCCC(=O)Nc1cncc(-c2ccc3[nH]nc(-c4cc5c(-c6cccc(F)c6)nccc5[nH]4)c3c2)c1. The third-order valence-electron chi connectivity index (χ3n) is 6.58. The van der Waals surface area contributed by atoms with Crippen molar-refractivity contribution in [1.29, 1.82) is 0 Å². The molecule has 0 spiro atoms. The summed E-state index contributed by atoms with van der Waals surface area (Å²) in [5.74, 6) is -0.314. The normalized spacial score (nSPS) is 11.3. The van der Waals surface area contributed by atoms with E-state index in [4.69, 9.17) is 0 Å². The largest absolute Gasteiger partial charge is 0.353 e. The van der Waals surface area contributed by atoms with Crippen LogP contribution in [-0.2, 0) is 4.79 Å². The van der Waals surface area contributed by atoms with E-state index < -0.39 is 0 Å². The van der Waals surface area contributed by atoms with E-state index in [1.165, 1.54) is 12.1 Å². The smallest absolute Gasteiger partial charge is 0.224 e. The molecule has 188 valence electrons. The number of amides is 1. The first kappa shape index (κ1) is 23.5. The number of unbranched alkanes of at least 4 members (excludes halogenated alkanes) is 1. The number of hydrogen-bond donors (Lipinski definition) is 3. The Labute approximate surface area is 218 Å². The lowest BCUT2D eigenvalue weighted by Gasteiger charge is -2.07. The molecule has 7 nitrogen and oxygen atoms in total. The molecule has 38 heavy (non-hydrogen) atoms. The minimum atomic E-state index is -0.304. The molecule has 0 unspecified atom stereocenters. The Morgan fingerprint density at radius 3 is 2.68 bits per heavy atom. The molecule has 0 bridgehead atoms. The number of carbonyl (C=O) groups is 1. The number of nitrogens with one attached hydrogen (secondary N) is 3. The molecule has 0 saturated carbocycles. The number of H-pyrrole nitrogens is 2. The van der Waals surface area contributed by atoms with Gasteiger partial charge in [-0.1, -0.05) is 31.5 Å². The highest BCUT2D eigenvalue weighted by Crippen LogP contribution is 2.34.